The van der Waals surface area contributed by atoms with E-state index in [9.17, 15) is 0 Å². The molecule has 0 fully saturated rings. The van der Waals surface area contributed by atoms with Crippen molar-refractivity contribution in [1.29, 1.82) is 0 Å². The normalized spacial score (nSPS) is 5.27. The van der Waals surface area contributed by atoms with E-state index in [4.69, 9.17) is 17.5 Å². The van der Waals surface area contributed by atoms with Crippen molar-refractivity contribution in [2.45, 2.75) is 0 Å². The summed E-state index contributed by atoms with van der Waals surface area (Å²) in [6.07, 6.45) is 0. The Kier molecular flexibility index (Phi) is 102. The molecule has 56 valence electrons. The van der Waals surface area contributed by atoms with Gasteiger partial charge in [-0.2, -0.15) is 0 Å². The van der Waals surface area contributed by atoms with E-state index >= 15 is 0 Å². The summed E-state index contributed by atoms with van der Waals surface area (Å²) in [5, 5.41) is 0. The Morgan fingerprint density at radius 3 is 0.909 bits per heavy atom. The average molecular weight is 273 g/mol. The molecule has 1 N–H and O–H groups in total. The molecule has 0 saturated carbocycles. The average Bonchev–Trinajstić information content (AvgIpc) is 0.722. The second kappa shape index (κ2) is 23.1. The summed E-state index contributed by atoms with van der Waals surface area (Å²) < 4.78 is 34.1. The molecule has 0 amide bonds. The third kappa shape index (κ3) is 176. The third-order valence-electron chi connectivity index (χ3n) is 0. The molecule has 7 nitrogen and oxygen atoms in total. The smallest absolute Gasteiger partial charge is 2.00 e. The van der Waals surface area contributed by atoms with Gasteiger partial charge in [0.05, 0.1) is 0 Å². The van der Waals surface area contributed by atoms with Crippen LogP contribution in [0.3, 0.4) is 0 Å². The predicted octanol–water partition coefficient (Wildman–Crippen LogP) is -2.52. The van der Waals surface area contributed by atoms with Gasteiger partial charge < -0.3 is 25.5 Å². The largest absolute Gasteiger partial charge is 4.00 e. The number of rotatable bonds is 0. The van der Waals surface area contributed by atoms with E-state index in [-0.39, 0.29) is 114 Å². The molecule has 0 aliphatic rings. The van der Waals surface area contributed by atoms with Crippen LogP contribution in [0, 0.1) is 0 Å². The van der Waals surface area contributed by atoms with Gasteiger partial charge in [-0.25, -0.2) is 0 Å². The van der Waals surface area contributed by atoms with Crippen LogP contribution in [0.15, 0.2) is 0 Å². The van der Waals surface area contributed by atoms with Gasteiger partial charge >= 0.3 is 97.2 Å². The van der Waals surface area contributed by atoms with Crippen molar-refractivity contribution < 1.29 is 55.7 Å². The Balaban J connectivity index is -0.00000000533. The van der Waals surface area contributed by atoms with Crippen LogP contribution in [-0.2, 0) is 43.1 Å². The minimum absolute atomic E-state index is 0. The fraction of sp³-hybridized carbons (Fsp3) is 0. The van der Waals surface area contributed by atoms with Crippen molar-refractivity contribution >= 4 is 85.9 Å². The van der Waals surface area contributed by atoms with Crippen LogP contribution < -0.4 is 0 Å². The van der Waals surface area contributed by atoms with Crippen LogP contribution in [0.1, 0.15) is 0 Å². The van der Waals surface area contributed by atoms with Gasteiger partial charge in [0.25, 0.3) is 0 Å². The molecule has 0 atom stereocenters. The first-order valence-electron chi connectivity index (χ1n) is 0.667. The molecule has 0 saturated heterocycles. The zero-order valence-corrected chi connectivity index (χ0v) is 12.0. The Morgan fingerprint density at radius 1 is 0.909 bits per heavy atom. The summed E-state index contributed by atoms with van der Waals surface area (Å²) in [7, 11) is -5.17. The standard InChI is InChI=1S/2Ca.H2O4S.H2O.2O.Ti/c;;1-5(2,3)4;;;;/h;;(H2,1,2,3,4);1H2;;;/q2*+2;;;2*-2;+4/p-3. The molecule has 0 radical (unpaired) electrons. The van der Waals surface area contributed by atoms with Crippen LogP contribution in [0.2, 0.25) is 0 Å². The molecule has 0 bridgehead atoms. The minimum Gasteiger partial charge on any atom is -2.00 e. The SMILES string of the molecule is O=S(=O)([O-])[O-].[Ca+2].[Ca+2].[O-2].[O-2].[OH-].[Ti+4]. The fourth-order valence-corrected chi connectivity index (χ4v) is 0. The molecule has 11 heavy (non-hydrogen) atoms. The van der Waals surface area contributed by atoms with Gasteiger partial charge in [-0.05, 0) is 0 Å². The van der Waals surface area contributed by atoms with Crippen molar-refractivity contribution in [3.8, 4) is 0 Å². The monoisotopic (exact) mass is 273 g/mol. The molecule has 0 aliphatic heterocycles. The molecule has 0 aliphatic carbocycles. The summed E-state index contributed by atoms with van der Waals surface area (Å²) in [5.41, 5.74) is 0. The summed E-state index contributed by atoms with van der Waals surface area (Å²) in [4.78, 5) is 0. The van der Waals surface area contributed by atoms with Crippen LogP contribution in [0.25, 0.3) is 0 Å². The number of hydrogen-bond donors (Lipinski definition) is 0. The Bertz CT molecular complexity index is 99.6. The van der Waals surface area contributed by atoms with Crippen LogP contribution >= 0.6 is 0 Å². The van der Waals surface area contributed by atoms with E-state index in [0.717, 1.165) is 0 Å². The summed E-state index contributed by atoms with van der Waals surface area (Å²) >= 11 is 0. The van der Waals surface area contributed by atoms with Gasteiger partial charge in [0.1, 0.15) is 0 Å². The van der Waals surface area contributed by atoms with Gasteiger partial charge in [0, 0.05) is 10.4 Å². The van der Waals surface area contributed by atoms with E-state index in [1.165, 1.54) is 0 Å². The van der Waals surface area contributed by atoms with E-state index in [2.05, 4.69) is 0 Å². The Morgan fingerprint density at radius 2 is 0.909 bits per heavy atom. The number of hydrogen-bond acceptors (Lipinski definition) is 5. The Labute approximate surface area is 139 Å². The summed E-state index contributed by atoms with van der Waals surface area (Å²) in [5.74, 6) is 0. The van der Waals surface area contributed by atoms with Gasteiger partial charge in [-0.3, -0.25) is 8.42 Å². The first-order chi connectivity index (χ1) is 2.00. The molecule has 11 heteroatoms. The van der Waals surface area contributed by atoms with E-state index in [1.807, 2.05) is 0 Å². The van der Waals surface area contributed by atoms with E-state index in [1.54, 1.807) is 0 Å². The zero-order valence-electron chi connectivity index (χ0n) is 5.22. The molecule has 0 aromatic heterocycles. The van der Waals surface area contributed by atoms with Gasteiger partial charge in [-0.15, -0.1) is 0 Å². The maximum absolute atomic E-state index is 8.52. The predicted molar refractivity (Wildman–Crippen MR) is 25.3 cm³/mol. The van der Waals surface area contributed by atoms with Gasteiger partial charge in [0.15, 0.2) is 0 Å². The van der Waals surface area contributed by atoms with Crippen molar-refractivity contribution in [2.75, 3.05) is 0 Å². The third-order valence-corrected chi connectivity index (χ3v) is 0. The Hall–Kier alpha value is 2.98. The molecule has 0 unspecified atom stereocenters. The first kappa shape index (κ1) is 48.3. The topological polar surface area (TPSA) is 167 Å². The molecule has 0 spiro atoms. The summed E-state index contributed by atoms with van der Waals surface area (Å²) in [6.45, 7) is 0. The van der Waals surface area contributed by atoms with Gasteiger partial charge in [0.2, 0.25) is 0 Å². The maximum atomic E-state index is 8.52. The second-order valence-electron chi connectivity index (χ2n) is 0.408. The van der Waals surface area contributed by atoms with Crippen LogP contribution in [0.4, 0.5) is 0 Å². The van der Waals surface area contributed by atoms with E-state index in [0.29, 0.717) is 0 Å². The van der Waals surface area contributed by atoms with Crippen molar-refractivity contribution in [2.24, 2.45) is 0 Å². The quantitative estimate of drug-likeness (QED) is 0.269. The maximum Gasteiger partial charge on any atom is 4.00 e. The van der Waals surface area contributed by atoms with Crippen LogP contribution in [0.5, 0.6) is 0 Å². The van der Waals surface area contributed by atoms with Crippen molar-refractivity contribution in [1.82, 2.24) is 0 Å². The van der Waals surface area contributed by atoms with Gasteiger partial charge in [-0.1, -0.05) is 0 Å². The van der Waals surface area contributed by atoms with Crippen LogP contribution in [-0.4, -0.2) is 98.5 Å². The molecule has 0 heterocycles. The molecular weight excluding hydrogens is 272 g/mol. The summed E-state index contributed by atoms with van der Waals surface area (Å²) in [6, 6.07) is 0. The fourth-order valence-electron chi connectivity index (χ4n) is 0. The minimum atomic E-state index is -5.17. The molecule has 0 aromatic carbocycles. The van der Waals surface area contributed by atoms with E-state index < -0.39 is 10.4 Å². The zero-order chi connectivity index (χ0) is 4.50. The second-order valence-corrected chi connectivity index (χ2v) is 1.22. The first-order valence-corrected chi connectivity index (χ1v) is 2.00. The molecule has 0 aromatic rings. The van der Waals surface area contributed by atoms with Crippen molar-refractivity contribution in [3.63, 3.8) is 0 Å². The van der Waals surface area contributed by atoms with Crippen molar-refractivity contribution in [3.05, 3.63) is 0 Å². The molecule has 0 rings (SSSR count). The molecular formula is HCa2O7STi+.